The number of anilines is 2. The number of para-hydroxylation sites is 2. The number of allylic oxidation sites excluding steroid dienone is 1. The van der Waals surface area contributed by atoms with E-state index in [0.29, 0.717) is 35.2 Å². The highest BCUT2D eigenvalue weighted by atomic mass is 79.9. The fraction of sp³-hybridized carbons (Fsp3) is 0.250. The van der Waals surface area contributed by atoms with Crippen molar-refractivity contribution in [3.05, 3.63) is 87.5 Å². The van der Waals surface area contributed by atoms with Crippen molar-refractivity contribution >= 4 is 33.1 Å². The molecule has 7 heteroatoms. The number of methoxy groups -OCH3 is 1. The third kappa shape index (κ3) is 4.48. The second kappa shape index (κ2) is 9.66. The van der Waals surface area contributed by atoms with E-state index in [1.54, 1.807) is 13.2 Å². The fourth-order valence-corrected chi connectivity index (χ4v) is 5.36. The highest BCUT2D eigenvalue weighted by molar-refractivity contribution is 9.10. The first-order valence-electron chi connectivity index (χ1n) is 11.7. The molecule has 0 spiro atoms. The van der Waals surface area contributed by atoms with Gasteiger partial charge in [0, 0.05) is 17.7 Å². The van der Waals surface area contributed by atoms with Gasteiger partial charge in [-0.3, -0.25) is 4.79 Å². The Bertz CT molecular complexity index is 1320. The van der Waals surface area contributed by atoms with Crippen LogP contribution in [0.5, 0.6) is 17.2 Å². The summed E-state index contributed by atoms with van der Waals surface area (Å²) in [5, 5.41) is 17.6. The number of aromatic hydroxyl groups is 1. The molecule has 1 heterocycles. The number of halogens is 1. The van der Waals surface area contributed by atoms with E-state index in [2.05, 4.69) is 32.6 Å². The molecule has 0 aromatic heterocycles. The Labute approximate surface area is 213 Å². The Balaban J connectivity index is 1.62. The van der Waals surface area contributed by atoms with Crippen molar-refractivity contribution in [1.29, 1.82) is 0 Å². The van der Waals surface area contributed by atoms with E-state index in [1.165, 1.54) is 0 Å². The summed E-state index contributed by atoms with van der Waals surface area (Å²) < 4.78 is 11.6. The minimum absolute atomic E-state index is 0.0419. The Morgan fingerprint density at radius 3 is 2.60 bits per heavy atom. The van der Waals surface area contributed by atoms with Crippen LogP contribution in [0.3, 0.4) is 0 Å². The number of nitrogens with one attached hydrogen (secondary N) is 2. The SMILES string of the molecule is CCOc1cc([C@H]2Nc3ccccc3NC3=C2C(=O)C[C@@H](c2cccc(OC)c2)C3)cc(Br)c1O. The number of hydrogen-bond donors (Lipinski definition) is 3. The summed E-state index contributed by atoms with van der Waals surface area (Å²) in [7, 11) is 1.65. The molecule has 0 radical (unpaired) electrons. The lowest BCUT2D eigenvalue weighted by Gasteiger charge is -2.30. The Hall–Kier alpha value is -3.45. The van der Waals surface area contributed by atoms with Crippen molar-refractivity contribution in [2.45, 2.75) is 31.7 Å². The molecule has 6 nitrogen and oxygen atoms in total. The van der Waals surface area contributed by atoms with Gasteiger partial charge >= 0.3 is 0 Å². The molecular formula is C28H27BrN2O4. The summed E-state index contributed by atoms with van der Waals surface area (Å²) in [5.41, 5.74) is 5.35. The number of fused-ring (bicyclic) bond motifs is 1. The maximum Gasteiger partial charge on any atom is 0.172 e. The lowest BCUT2D eigenvalue weighted by molar-refractivity contribution is -0.116. The molecule has 0 bridgehead atoms. The molecule has 0 amide bonds. The van der Waals surface area contributed by atoms with Crippen LogP contribution in [0.1, 0.15) is 42.9 Å². The van der Waals surface area contributed by atoms with Crippen molar-refractivity contribution in [2.24, 2.45) is 0 Å². The van der Waals surface area contributed by atoms with Crippen molar-refractivity contribution < 1.29 is 19.4 Å². The quantitative estimate of drug-likeness (QED) is 0.344. The normalized spacial score (nSPS) is 19.1. The second-order valence-electron chi connectivity index (χ2n) is 8.73. The molecule has 1 aliphatic heterocycles. The lowest BCUT2D eigenvalue weighted by atomic mass is 9.78. The smallest absolute Gasteiger partial charge is 0.172 e. The van der Waals surface area contributed by atoms with Crippen LogP contribution in [0.15, 0.2) is 76.4 Å². The largest absolute Gasteiger partial charge is 0.503 e. The van der Waals surface area contributed by atoms with Crippen LogP contribution < -0.4 is 20.1 Å². The first kappa shape index (κ1) is 23.3. The molecule has 2 aliphatic rings. The summed E-state index contributed by atoms with van der Waals surface area (Å²) >= 11 is 3.46. The summed E-state index contributed by atoms with van der Waals surface area (Å²) in [6, 6.07) is 19.1. The summed E-state index contributed by atoms with van der Waals surface area (Å²) in [6.45, 7) is 2.29. The third-order valence-corrected chi connectivity index (χ3v) is 7.16. The number of phenols is 1. The van der Waals surface area contributed by atoms with Crippen molar-refractivity contribution in [1.82, 2.24) is 0 Å². The monoisotopic (exact) mass is 534 g/mol. The first-order valence-corrected chi connectivity index (χ1v) is 12.5. The van der Waals surface area contributed by atoms with Crippen LogP contribution in [0.2, 0.25) is 0 Å². The van der Waals surface area contributed by atoms with Crippen LogP contribution in [0.4, 0.5) is 11.4 Å². The van der Waals surface area contributed by atoms with E-state index < -0.39 is 6.04 Å². The van der Waals surface area contributed by atoms with E-state index in [0.717, 1.165) is 33.9 Å². The molecule has 2 atom stereocenters. The number of ketones is 1. The Kier molecular flexibility index (Phi) is 6.43. The zero-order valence-electron chi connectivity index (χ0n) is 19.6. The standard InChI is InChI=1S/C28H27BrN2O4/c1-3-35-25-15-18(12-20(29)28(25)33)27-26-23(30-21-9-4-5-10-22(21)31-27)13-17(14-24(26)32)16-7-6-8-19(11-16)34-2/h4-12,15,17,27,30-31,33H,3,13-14H2,1-2H3/t17-,27+/m0/s1. The van der Waals surface area contributed by atoms with Crippen LogP contribution in [-0.4, -0.2) is 24.6 Å². The number of rotatable bonds is 5. The zero-order chi connectivity index (χ0) is 24.5. The number of benzene rings is 3. The number of carbonyl (C=O) groups excluding carboxylic acids is 1. The van der Waals surface area contributed by atoms with Gasteiger partial charge in [-0.05, 0) is 82.7 Å². The van der Waals surface area contributed by atoms with Gasteiger partial charge in [-0.25, -0.2) is 0 Å². The molecule has 0 saturated carbocycles. The minimum atomic E-state index is -0.406. The molecule has 3 aromatic rings. The van der Waals surface area contributed by atoms with Crippen molar-refractivity contribution in [3.63, 3.8) is 0 Å². The molecule has 35 heavy (non-hydrogen) atoms. The second-order valence-corrected chi connectivity index (χ2v) is 9.58. The van der Waals surface area contributed by atoms with Gasteiger partial charge in [0.05, 0.1) is 35.6 Å². The zero-order valence-corrected chi connectivity index (χ0v) is 21.2. The molecule has 0 saturated heterocycles. The summed E-state index contributed by atoms with van der Waals surface area (Å²) in [5.74, 6) is 1.33. The van der Waals surface area contributed by atoms with Gasteiger partial charge in [0.25, 0.3) is 0 Å². The summed E-state index contributed by atoms with van der Waals surface area (Å²) in [6.07, 6.45) is 1.10. The molecule has 5 rings (SSSR count). The molecule has 1 aliphatic carbocycles. The van der Waals surface area contributed by atoms with E-state index in [-0.39, 0.29) is 17.5 Å². The topological polar surface area (TPSA) is 79.8 Å². The average molecular weight is 535 g/mol. The van der Waals surface area contributed by atoms with Crippen LogP contribution in [-0.2, 0) is 4.79 Å². The van der Waals surface area contributed by atoms with Gasteiger partial charge in [-0.2, -0.15) is 0 Å². The third-order valence-electron chi connectivity index (χ3n) is 6.56. The molecule has 3 aromatic carbocycles. The maximum atomic E-state index is 13.8. The summed E-state index contributed by atoms with van der Waals surface area (Å²) in [4.78, 5) is 13.8. The Morgan fingerprint density at radius 2 is 1.83 bits per heavy atom. The van der Waals surface area contributed by atoms with Gasteiger partial charge in [-0.1, -0.05) is 24.3 Å². The average Bonchev–Trinajstić information content (AvgIpc) is 3.03. The first-order chi connectivity index (χ1) is 17.0. The van der Waals surface area contributed by atoms with Crippen molar-refractivity contribution in [3.8, 4) is 17.2 Å². The minimum Gasteiger partial charge on any atom is -0.503 e. The lowest BCUT2D eigenvalue weighted by Crippen LogP contribution is -2.27. The predicted octanol–water partition coefficient (Wildman–Crippen LogP) is 6.54. The molecule has 0 unspecified atom stereocenters. The van der Waals surface area contributed by atoms with Crippen LogP contribution in [0.25, 0.3) is 0 Å². The van der Waals surface area contributed by atoms with E-state index in [1.807, 2.05) is 55.5 Å². The molecule has 3 N–H and O–H groups in total. The number of Topliss-reactive ketones (excluding diaryl/α,β-unsaturated/α-hetero) is 1. The molecular weight excluding hydrogens is 508 g/mol. The van der Waals surface area contributed by atoms with Gasteiger partial charge in [0.1, 0.15) is 5.75 Å². The molecule has 0 fully saturated rings. The number of ether oxygens (including phenoxy) is 2. The number of carbonyl (C=O) groups is 1. The van der Waals surface area contributed by atoms with Crippen LogP contribution in [0, 0.1) is 0 Å². The maximum absolute atomic E-state index is 13.8. The molecule has 180 valence electrons. The van der Waals surface area contributed by atoms with E-state index >= 15 is 0 Å². The Morgan fingerprint density at radius 1 is 1.03 bits per heavy atom. The fourth-order valence-electron chi connectivity index (χ4n) is 4.90. The highest BCUT2D eigenvalue weighted by Crippen LogP contribution is 2.46. The van der Waals surface area contributed by atoms with Crippen LogP contribution >= 0.6 is 15.9 Å². The number of hydrogen-bond acceptors (Lipinski definition) is 6. The van der Waals surface area contributed by atoms with Gasteiger partial charge in [0.2, 0.25) is 0 Å². The highest BCUT2D eigenvalue weighted by Gasteiger charge is 2.36. The van der Waals surface area contributed by atoms with E-state index in [9.17, 15) is 9.90 Å². The van der Waals surface area contributed by atoms with Gasteiger partial charge < -0.3 is 25.2 Å². The van der Waals surface area contributed by atoms with E-state index in [4.69, 9.17) is 9.47 Å². The predicted molar refractivity (Wildman–Crippen MR) is 140 cm³/mol. The number of phenolic OH excluding ortho intramolecular Hbond substituents is 1. The van der Waals surface area contributed by atoms with Crippen molar-refractivity contribution in [2.75, 3.05) is 24.4 Å². The van der Waals surface area contributed by atoms with Gasteiger partial charge in [-0.15, -0.1) is 0 Å². The van der Waals surface area contributed by atoms with Gasteiger partial charge in [0.15, 0.2) is 17.3 Å².